The number of hydrogen-bond donors (Lipinski definition) is 2. The van der Waals surface area contributed by atoms with Crippen molar-refractivity contribution in [3.63, 3.8) is 0 Å². The SMILES string of the molecule is CC(C)CCCC(C)CCCC(C)(O)C(O)CN(C)C. The molecule has 0 aromatic rings. The maximum atomic E-state index is 10.3. The maximum absolute atomic E-state index is 10.3. The number of hydrogen-bond acceptors (Lipinski definition) is 3. The number of nitrogens with zero attached hydrogens (tertiary/aromatic N) is 1. The maximum Gasteiger partial charge on any atom is 0.0950 e. The van der Waals surface area contributed by atoms with Crippen LogP contribution < -0.4 is 0 Å². The molecule has 0 amide bonds. The van der Waals surface area contributed by atoms with Gasteiger partial charge in [-0.15, -0.1) is 0 Å². The van der Waals surface area contributed by atoms with Crippen LogP contribution in [-0.2, 0) is 0 Å². The highest BCUT2D eigenvalue weighted by molar-refractivity contribution is 4.83. The summed E-state index contributed by atoms with van der Waals surface area (Å²) >= 11 is 0. The molecule has 3 unspecified atom stereocenters. The van der Waals surface area contributed by atoms with Crippen LogP contribution in [0.15, 0.2) is 0 Å². The average Bonchev–Trinajstić information content (AvgIpc) is 2.27. The molecule has 3 atom stereocenters. The summed E-state index contributed by atoms with van der Waals surface area (Å²) in [6.45, 7) is 9.11. The van der Waals surface area contributed by atoms with Gasteiger partial charge in [0.15, 0.2) is 0 Å². The predicted octanol–water partition coefficient (Wildman–Crippen LogP) is 3.29. The highest BCUT2D eigenvalue weighted by Gasteiger charge is 2.30. The van der Waals surface area contributed by atoms with E-state index in [1.807, 2.05) is 19.0 Å². The summed E-state index contributed by atoms with van der Waals surface area (Å²) in [5.41, 5.74) is -0.970. The summed E-state index contributed by atoms with van der Waals surface area (Å²) in [5, 5.41) is 20.3. The van der Waals surface area contributed by atoms with Crippen molar-refractivity contribution < 1.29 is 10.2 Å². The normalized spacial score (nSPS) is 18.3. The van der Waals surface area contributed by atoms with Crippen LogP contribution in [0, 0.1) is 11.8 Å². The third kappa shape index (κ3) is 9.73. The predicted molar refractivity (Wildman–Crippen MR) is 86.9 cm³/mol. The van der Waals surface area contributed by atoms with Gasteiger partial charge in [0.1, 0.15) is 0 Å². The topological polar surface area (TPSA) is 43.7 Å². The summed E-state index contributed by atoms with van der Waals surface area (Å²) in [7, 11) is 3.83. The molecule has 0 saturated heterocycles. The van der Waals surface area contributed by atoms with Crippen molar-refractivity contribution in [2.75, 3.05) is 20.6 Å². The van der Waals surface area contributed by atoms with Crippen LogP contribution in [-0.4, -0.2) is 47.5 Å². The first-order valence-electron chi connectivity index (χ1n) is 8.20. The van der Waals surface area contributed by atoms with E-state index in [-0.39, 0.29) is 0 Å². The van der Waals surface area contributed by atoms with Gasteiger partial charge in [-0.3, -0.25) is 0 Å². The van der Waals surface area contributed by atoms with Crippen LogP contribution in [0.3, 0.4) is 0 Å². The summed E-state index contributed by atoms with van der Waals surface area (Å²) in [6.07, 6.45) is 6.02. The Balaban J connectivity index is 3.85. The van der Waals surface area contributed by atoms with E-state index >= 15 is 0 Å². The Labute approximate surface area is 126 Å². The van der Waals surface area contributed by atoms with Crippen LogP contribution >= 0.6 is 0 Å². The standard InChI is InChI=1S/C17H37NO2/c1-14(2)9-7-10-15(3)11-8-12-17(4,20)16(19)13-18(5)6/h14-16,19-20H,7-13H2,1-6H3. The molecule has 0 spiro atoms. The van der Waals surface area contributed by atoms with Crippen molar-refractivity contribution in [1.82, 2.24) is 4.90 Å². The van der Waals surface area contributed by atoms with Crippen LogP contribution in [0.5, 0.6) is 0 Å². The van der Waals surface area contributed by atoms with E-state index in [1.54, 1.807) is 6.92 Å². The second-order valence-electron chi connectivity index (χ2n) is 7.46. The molecule has 3 heteroatoms. The lowest BCUT2D eigenvalue weighted by molar-refractivity contribution is -0.0762. The van der Waals surface area contributed by atoms with E-state index in [9.17, 15) is 10.2 Å². The molecule has 0 aliphatic heterocycles. The number of likely N-dealkylation sites (N-methyl/N-ethyl adjacent to an activating group) is 1. The Bertz CT molecular complexity index is 239. The van der Waals surface area contributed by atoms with Crippen LogP contribution in [0.4, 0.5) is 0 Å². The van der Waals surface area contributed by atoms with Crippen molar-refractivity contribution in [3.05, 3.63) is 0 Å². The van der Waals surface area contributed by atoms with Gasteiger partial charge in [0.05, 0.1) is 11.7 Å². The fourth-order valence-electron chi connectivity index (χ4n) is 2.54. The van der Waals surface area contributed by atoms with Gasteiger partial charge in [-0.05, 0) is 39.3 Å². The summed E-state index contributed by atoms with van der Waals surface area (Å²) in [4.78, 5) is 1.91. The molecule has 0 aromatic heterocycles. The van der Waals surface area contributed by atoms with Gasteiger partial charge < -0.3 is 15.1 Å². The number of aliphatic hydroxyl groups excluding tert-OH is 1. The molecule has 2 N–H and O–H groups in total. The molecule has 0 heterocycles. The molecule has 0 bridgehead atoms. The minimum absolute atomic E-state index is 0.511. The highest BCUT2D eigenvalue weighted by atomic mass is 16.3. The van der Waals surface area contributed by atoms with Gasteiger partial charge in [-0.25, -0.2) is 0 Å². The van der Waals surface area contributed by atoms with Crippen molar-refractivity contribution in [3.8, 4) is 0 Å². The largest absolute Gasteiger partial charge is 0.389 e. The lowest BCUT2D eigenvalue weighted by Gasteiger charge is -2.31. The Morgan fingerprint density at radius 3 is 2.05 bits per heavy atom. The highest BCUT2D eigenvalue weighted by Crippen LogP contribution is 2.23. The van der Waals surface area contributed by atoms with E-state index < -0.39 is 11.7 Å². The molecule has 122 valence electrons. The average molecular weight is 287 g/mol. The zero-order chi connectivity index (χ0) is 15.8. The molecular formula is C17H37NO2. The van der Waals surface area contributed by atoms with E-state index in [4.69, 9.17) is 0 Å². The summed E-state index contributed by atoms with van der Waals surface area (Å²) < 4.78 is 0. The first-order chi connectivity index (χ1) is 9.15. The fourth-order valence-corrected chi connectivity index (χ4v) is 2.54. The van der Waals surface area contributed by atoms with Crippen LogP contribution in [0.2, 0.25) is 0 Å². The molecule has 0 aliphatic carbocycles. The Kier molecular flexibility index (Phi) is 9.69. The smallest absolute Gasteiger partial charge is 0.0950 e. The fraction of sp³-hybridized carbons (Fsp3) is 1.00. The minimum Gasteiger partial charge on any atom is -0.389 e. The van der Waals surface area contributed by atoms with Crippen molar-refractivity contribution in [2.45, 2.75) is 77.9 Å². The van der Waals surface area contributed by atoms with E-state index in [2.05, 4.69) is 20.8 Å². The third-order valence-corrected chi connectivity index (χ3v) is 4.11. The molecule has 0 fully saturated rings. The summed E-state index contributed by atoms with van der Waals surface area (Å²) in [5.74, 6) is 1.51. The van der Waals surface area contributed by atoms with E-state index in [1.165, 1.54) is 19.3 Å². The van der Waals surface area contributed by atoms with Gasteiger partial charge in [0, 0.05) is 6.54 Å². The number of aliphatic hydroxyl groups is 2. The van der Waals surface area contributed by atoms with Gasteiger partial charge >= 0.3 is 0 Å². The molecular weight excluding hydrogens is 250 g/mol. The second kappa shape index (κ2) is 9.75. The minimum atomic E-state index is -0.970. The van der Waals surface area contributed by atoms with Crippen molar-refractivity contribution in [1.29, 1.82) is 0 Å². The monoisotopic (exact) mass is 287 g/mol. The van der Waals surface area contributed by atoms with Crippen LogP contribution in [0.1, 0.15) is 66.2 Å². The van der Waals surface area contributed by atoms with Gasteiger partial charge in [-0.1, -0.05) is 52.9 Å². The van der Waals surface area contributed by atoms with Crippen molar-refractivity contribution in [2.24, 2.45) is 11.8 Å². The van der Waals surface area contributed by atoms with E-state index in [0.717, 1.165) is 24.7 Å². The second-order valence-corrected chi connectivity index (χ2v) is 7.46. The molecule has 0 aromatic carbocycles. The van der Waals surface area contributed by atoms with Crippen molar-refractivity contribution >= 4 is 0 Å². The first kappa shape index (κ1) is 19.9. The van der Waals surface area contributed by atoms with Crippen LogP contribution in [0.25, 0.3) is 0 Å². The third-order valence-electron chi connectivity index (χ3n) is 4.11. The summed E-state index contributed by atoms with van der Waals surface area (Å²) in [6, 6.07) is 0. The molecule has 0 aliphatic rings. The molecule has 0 radical (unpaired) electrons. The Morgan fingerprint density at radius 1 is 1.00 bits per heavy atom. The number of rotatable bonds is 11. The first-order valence-corrected chi connectivity index (χ1v) is 8.20. The quantitative estimate of drug-likeness (QED) is 0.613. The van der Waals surface area contributed by atoms with Gasteiger partial charge in [0.2, 0.25) is 0 Å². The molecule has 0 saturated carbocycles. The Morgan fingerprint density at radius 2 is 1.55 bits per heavy atom. The zero-order valence-corrected chi connectivity index (χ0v) is 14.5. The molecule has 20 heavy (non-hydrogen) atoms. The van der Waals surface area contributed by atoms with E-state index in [0.29, 0.717) is 13.0 Å². The van der Waals surface area contributed by atoms with Gasteiger partial charge in [0.25, 0.3) is 0 Å². The zero-order valence-electron chi connectivity index (χ0n) is 14.5. The molecule has 0 rings (SSSR count). The lowest BCUT2D eigenvalue weighted by atomic mass is 9.89. The van der Waals surface area contributed by atoms with Gasteiger partial charge in [-0.2, -0.15) is 0 Å². The molecule has 3 nitrogen and oxygen atoms in total. The lowest BCUT2D eigenvalue weighted by Crippen LogP contribution is -2.45. The Hall–Kier alpha value is -0.120.